The number of aliphatic hydroxyl groups excluding tert-OH is 3. The molecule has 546 valence electrons. The average molecular weight is 1490 g/mol. The Hall–Kier alpha value is -7.51. The number of halogens is 1. The molecule has 0 aromatic carbocycles. The minimum atomic E-state index is -0.248. The fourth-order valence-electron chi connectivity index (χ4n) is 17.4. The molecule has 2 spiro atoms. The third-order valence-corrected chi connectivity index (χ3v) is 26.3. The van der Waals surface area contributed by atoms with Gasteiger partial charge in [-0.05, 0) is 122 Å². The van der Waals surface area contributed by atoms with Gasteiger partial charge in [0, 0.05) is 113 Å². The predicted molar refractivity (Wildman–Crippen MR) is 398 cm³/mol. The molecule has 8 aromatic heterocycles. The number of rotatable bonds is 15. The summed E-state index contributed by atoms with van der Waals surface area (Å²) < 4.78 is 23.9. The van der Waals surface area contributed by atoms with Gasteiger partial charge in [0.2, 0.25) is 0 Å². The lowest BCUT2D eigenvalue weighted by molar-refractivity contribution is 0.157. The zero-order chi connectivity index (χ0) is 71.2. The predicted octanol–water partition coefficient (Wildman–Crippen LogP) is 9.90. The molecule has 0 radical (unpaired) electrons. The van der Waals surface area contributed by atoms with Crippen LogP contribution in [0.3, 0.4) is 0 Å². The smallest absolute Gasteiger partial charge is 0.175 e. The minimum Gasteiger partial charge on any atom is -0.486 e. The third-order valence-electron chi connectivity index (χ3n) is 23.1. The van der Waals surface area contributed by atoms with Gasteiger partial charge in [-0.15, -0.1) is 0 Å². The average Bonchev–Trinajstić information content (AvgIpc) is 1.61. The molecule has 1 unspecified atom stereocenters. The van der Waals surface area contributed by atoms with Gasteiger partial charge >= 0.3 is 0 Å². The molecule has 18 rings (SSSR count). The minimum absolute atomic E-state index is 0.0164. The summed E-state index contributed by atoms with van der Waals surface area (Å²) in [7, 11) is 1.74. The Balaban J connectivity index is 0.000000123. The van der Waals surface area contributed by atoms with Gasteiger partial charge in [0.05, 0.1) is 77.8 Å². The lowest BCUT2D eigenvalue weighted by atomic mass is 9.73. The number of nitrogens with zero attached hydrogens (tertiary/aromatic N) is 16. The van der Waals surface area contributed by atoms with Crippen LogP contribution in [0.15, 0.2) is 122 Å². The SMILES string of the molecule is CC[C@@H]1C[C@H]2COc3c(Sc4cnc(N5CCC6(CC5)Cc5ncccc5[C@H]6N)c(CO)n4)ccnc3N2C1.CC[C@H]1C[C@H]2COc3c(Sc4cnc(N5CCC6(CC5)Cc5ncccc5[C@H]6N)c(CO)n4)ccnc3N2C1.COCC1C[C@H]2COc3c(Sc4cnc(Cl)c(CO)n4)ccnc3N2C1. The maximum Gasteiger partial charge on any atom is 0.175 e. The van der Waals surface area contributed by atoms with Crippen molar-refractivity contribution in [3.8, 4) is 17.2 Å². The Bertz CT molecular complexity index is 4220. The maximum absolute atomic E-state index is 10.2. The van der Waals surface area contributed by atoms with E-state index in [2.05, 4.69) is 85.4 Å². The van der Waals surface area contributed by atoms with Crippen molar-refractivity contribution in [1.29, 1.82) is 0 Å². The van der Waals surface area contributed by atoms with E-state index in [9.17, 15) is 15.3 Å². The van der Waals surface area contributed by atoms with Gasteiger partial charge in [0.15, 0.2) is 51.5 Å². The lowest BCUT2D eigenvalue weighted by Crippen LogP contribution is -2.45. The number of methoxy groups -OCH3 is 1. The summed E-state index contributed by atoms with van der Waals surface area (Å²) in [6.07, 6.45) is 25.9. The van der Waals surface area contributed by atoms with E-state index >= 15 is 0 Å². The molecule has 8 aromatic rings. The first-order chi connectivity index (χ1) is 50.9. The molecule has 7 N–H and O–H groups in total. The van der Waals surface area contributed by atoms with E-state index in [1.54, 1.807) is 19.5 Å². The van der Waals surface area contributed by atoms with Crippen molar-refractivity contribution < 1.29 is 34.3 Å². The second-order valence-electron chi connectivity index (χ2n) is 29.1. The van der Waals surface area contributed by atoms with Crippen LogP contribution in [0.25, 0.3) is 0 Å². The molecule has 5 fully saturated rings. The first-order valence-electron chi connectivity index (χ1n) is 36.5. The van der Waals surface area contributed by atoms with Crippen LogP contribution in [-0.4, -0.2) is 168 Å². The summed E-state index contributed by atoms with van der Waals surface area (Å²) in [6.45, 7) is 13.0. The van der Waals surface area contributed by atoms with E-state index in [-0.39, 0.29) is 47.9 Å². The lowest BCUT2D eigenvalue weighted by Gasteiger charge is -2.42. The van der Waals surface area contributed by atoms with Crippen molar-refractivity contribution in [2.24, 2.45) is 40.1 Å². The van der Waals surface area contributed by atoms with Crippen LogP contribution in [0.1, 0.15) is 123 Å². The molecule has 5 saturated heterocycles. The van der Waals surface area contributed by atoms with Crippen molar-refractivity contribution >= 4 is 76.0 Å². The van der Waals surface area contributed by atoms with Gasteiger partial charge in [0.1, 0.15) is 52.0 Å². The van der Waals surface area contributed by atoms with E-state index in [4.69, 9.17) is 62.0 Å². The molecule has 10 aliphatic rings. The molecule has 29 heteroatoms. The van der Waals surface area contributed by atoms with Crippen LogP contribution in [0.4, 0.5) is 29.1 Å². The van der Waals surface area contributed by atoms with E-state index in [1.807, 2.05) is 67.5 Å². The molecular weight excluding hydrogens is 1400 g/mol. The largest absolute Gasteiger partial charge is 0.486 e. The molecule has 16 heterocycles. The van der Waals surface area contributed by atoms with E-state index < -0.39 is 0 Å². The van der Waals surface area contributed by atoms with Crippen molar-refractivity contribution in [2.45, 2.75) is 164 Å². The molecule has 0 saturated carbocycles. The third kappa shape index (κ3) is 13.7. The van der Waals surface area contributed by atoms with Gasteiger partial charge in [-0.2, -0.15) is 0 Å². The fourth-order valence-corrected chi connectivity index (χ4v) is 20.2. The number of anilines is 5. The van der Waals surface area contributed by atoms with Crippen molar-refractivity contribution in [3.05, 3.63) is 137 Å². The molecule has 2 aliphatic carbocycles. The summed E-state index contributed by atoms with van der Waals surface area (Å²) in [5.41, 5.74) is 19.8. The van der Waals surface area contributed by atoms with Gasteiger partial charge < -0.3 is 70.2 Å². The van der Waals surface area contributed by atoms with Gasteiger partial charge in [-0.3, -0.25) is 9.97 Å². The number of pyridine rings is 5. The zero-order valence-electron chi connectivity index (χ0n) is 58.8. The summed E-state index contributed by atoms with van der Waals surface area (Å²) in [4.78, 5) is 65.3. The Morgan fingerprint density at radius 1 is 0.500 bits per heavy atom. The van der Waals surface area contributed by atoms with E-state index in [0.29, 0.717) is 77.8 Å². The van der Waals surface area contributed by atoms with E-state index in [0.717, 1.165) is 193 Å². The molecular formula is C75H89ClN18O7S3. The zero-order valence-corrected chi connectivity index (χ0v) is 62.0. The molecule has 25 nitrogen and oxygen atoms in total. The van der Waals surface area contributed by atoms with Crippen LogP contribution in [-0.2, 0) is 37.4 Å². The molecule has 0 amide bonds. The monoisotopic (exact) mass is 1480 g/mol. The maximum atomic E-state index is 10.2. The number of piperidine rings is 2. The fraction of sp³-hybridized carbons (Fsp3) is 0.507. The van der Waals surface area contributed by atoms with Crippen LogP contribution in [0, 0.1) is 28.6 Å². The van der Waals surface area contributed by atoms with Gasteiger partial charge in [0.25, 0.3) is 0 Å². The number of nitrogens with two attached hydrogens (primary N) is 2. The summed E-state index contributed by atoms with van der Waals surface area (Å²) in [6, 6.07) is 15.3. The normalized spacial score (nSPS) is 24.0. The second-order valence-corrected chi connectivity index (χ2v) is 32.6. The first-order valence-corrected chi connectivity index (χ1v) is 39.3. The quantitative estimate of drug-likeness (QED) is 0.0637. The Kier molecular flexibility index (Phi) is 20.7. The number of aliphatic hydroxyl groups is 3. The summed E-state index contributed by atoms with van der Waals surface area (Å²) >= 11 is 10.4. The highest BCUT2D eigenvalue weighted by Crippen LogP contribution is 2.54. The molecule has 104 heavy (non-hydrogen) atoms. The topological polar surface area (TPSA) is 308 Å². The number of hydrogen-bond acceptors (Lipinski definition) is 28. The Labute approximate surface area is 623 Å². The van der Waals surface area contributed by atoms with Crippen molar-refractivity contribution in [2.75, 3.05) is 104 Å². The molecule has 8 atom stereocenters. The first kappa shape index (κ1) is 70.8. The Morgan fingerprint density at radius 3 is 1.27 bits per heavy atom. The number of hydrogen-bond donors (Lipinski definition) is 5. The van der Waals surface area contributed by atoms with Crippen LogP contribution >= 0.6 is 46.9 Å². The summed E-state index contributed by atoms with van der Waals surface area (Å²) in [5.74, 6) is 8.56. The highest BCUT2D eigenvalue weighted by molar-refractivity contribution is 7.99. The van der Waals surface area contributed by atoms with Crippen LogP contribution in [0.5, 0.6) is 17.2 Å². The van der Waals surface area contributed by atoms with Gasteiger partial charge in [-0.1, -0.05) is 85.7 Å². The number of fused-ring (bicyclic) bond motifs is 11. The molecule has 0 bridgehead atoms. The van der Waals surface area contributed by atoms with E-state index in [1.165, 1.54) is 59.3 Å². The van der Waals surface area contributed by atoms with Crippen LogP contribution < -0.4 is 50.2 Å². The summed E-state index contributed by atoms with van der Waals surface area (Å²) in [5, 5.41) is 32.1. The van der Waals surface area contributed by atoms with Crippen LogP contribution in [0.2, 0.25) is 5.15 Å². The van der Waals surface area contributed by atoms with Gasteiger partial charge in [-0.25, -0.2) is 44.9 Å². The highest BCUT2D eigenvalue weighted by Gasteiger charge is 2.49. The standard InChI is InChI=1S/2C29H35N7O2S.C17H19ClN4O3S/c2*1-2-18-12-19-17-38-25-23(5-9-32-28(25)36(19)15-18)39-24-14-33-27(22(16-37)34-24)35-10-6-29(7-11-35)13-21-20(26(29)30)4-3-8-31-21;1-24-8-10-4-11-9-25-15-13(2-3-19-17(15)22(11)6-10)26-14-5-20-16(18)12(7-23)21-14/h2*3-5,8-9,14,18-19,26,37H,2,6-7,10-13,15-17,30H2,1H3;2-3,5,10-11,23H,4,6-9H2,1H3/t18-,19+,26-;18-,19-,26+;10?,11-/m100/s1. The van der Waals surface area contributed by atoms with Crippen molar-refractivity contribution in [3.63, 3.8) is 0 Å². The number of ether oxygens (including phenoxy) is 4. The highest BCUT2D eigenvalue weighted by atomic mass is 35.5. The second kappa shape index (κ2) is 30.4. The molecule has 8 aliphatic heterocycles. The number of aromatic nitrogens is 11. The van der Waals surface area contributed by atoms with Crippen molar-refractivity contribution in [1.82, 2.24) is 54.8 Å². The Morgan fingerprint density at radius 2 is 0.885 bits per heavy atom.